The second-order valence-electron chi connectivity index (χ2n) is 5.54. The number of halogens is 1. The standard InChI is InChI=1S/C16H16ClNS/c1-10-9-16(2,3)18-13-5-4-11(8-12(10)13)14-6-7-15(17)19-14/h4-9,18H,1-3H3. The van der Waals surface area contributed by atoms with Crippen LogP contribution in [0.4, 0.5) is 5.69 Å². The maximum absolute atomic E-state index is 6.01. The van der Waals surface area contributed by atoms with E-state index in [1.807, 2.05) is 6.07 Å². The number of rotatable bonds is 1. The minimum absolute atomic E-state index is 0.0187. The number of benzene rings is 1. The van der Waals surface area contributed by atoms with Gasteiger partial charge in [-0.3, -0.25) is 0 Å². The van der Waals surface area contributed by atoms with Gasteiger partial charge in [0.15, 0.2) is 0 Å². The van der Waals surface area contributed by atoms with Crippen LogP contribution in [0.25, 0.3) is 16.0 Å². The SMILES string of the molecule is CC1=CC(C)(C)Nc2ccc(-c3ccc(Cl)s3)cc21. The summed E-state index contributed by atoms with van der Waals surface area (Å²) in [7, 11) is 0. The Morgan fingerprint density at radius 1 is 1.16 bits per heavy atom. The third-order valence-corrected chi connectivity index (χ3v) is 4.62. The maximum atomic E-state index is 6.01. The average Bonchev–Trinajstić information content (AvgIpc) is 2.74. The van der Waals surface area contributed by atoms with Gasteiger partial charge < -0.3 is 5.32 Å². The molecule has 98 valence electrons. The van der Waals surface area contributed by atoms with Crippen molar-refractivity contribution in [2.24, 2.45) is 0 Å². The highest BCUT2D eigenvalue weighted by atomic mass is 35.5. The van der Waals surface area contributed by atoms with Gasteiger partial charge in [-0.1, -0.05) is 23.7 Å². The lowest BCUT2D eigenvalue weighted by molar-refractivity contribution is 0.707. The van der Waals surface area contributed by atoms with Crippen LogP contribution >= 0.6 is 22.9 Å². The summed E-state index contributed by atoms with van der Waals surface area (Å²) in [6.45, 7) is 6.55. The number of fused-ring (bicyclic) bond motifs is 1. The third kappa shape index (κ3) is 2.43. The molecule has 0 aliphatic carbocycles. The molecule has 0 bridgehead atoms. The van der Waals surface area contributed by atoms with Crippen LogP contribution in [0.15, 0.2) is 36.4 Å². The number of hydrogen-bond acceptors (Lipinski definition) is 2. The van der Waals surface area contributed by atoms with E-state index < -0.39 is 0 Å². The fraction of sp³-hybridized carbons (Fsp3) is 0.250. The summed E-state index contributed by atoms with van der Waals surface area (Å²) in [5.74, 6) is 0. The van der Waals surface area contributed by atoms with E-state index in [9.17, 15) is 0 Å². The van der Waals surface area contributed by atoms with Gasteiger partial charge in [0, 0.05) is 16.1 Å². The lowest BCUT2D eigenvalue weighted by Gasteiger charge is -2.31. The fourth-order valence-electron chi connectivity index (χ4n) is 2.60. The lowest BCUT2D eigenvalue weighted by atomic mass is 9.90. The van der Waals surface area contributed by atoms with Gasteiger partial charge >= 0.3 is 0 Å². The van der Waals surface area contributed by atoms with Crippen molar-refractivity contribution in [3.05, 3.63) is 46.3 Å². The maximum Gasteiger partial charge on any atom is 0.0934 e. The zero-order valence-electron chi connectivity index (χ0n) is 11.3. The van der Waals surface area contributed by atoms with Crippen molar-refractivity contribution in [1.29, 1.82) is 0 Å². The van der Waals surface area contributed by atoms with Crippen molar-refractivity contribution < 1.29 is 0 Å². The van der Waals surface area contributed by atoms with E-state index in [0.717, 1.165) is 4.34 Å². The number of hydrogen-bond donors (Lipinski definition) is 1. The van der Waals surface area contributed by atoms with Gasteiger partial charge in [-0.25, -0.2) is 0 Å². The minimum atomic E-state index is 0.0187. The zero-order chi connectivity index (χ0) is 13.6. The second kappa shape index (κ2) is 4.39. The number of allylic oxidation sites excluding steroid dienone is 1. The first-order valence-electron chi connectivity index (χ1n) is 6.32. The van der Waals surface area contributed by atoms with E-state index in [1.54, 1.807) is 11.3 Å². The minimum Gasteiger partial charge on any atom is -0.376 e. The topological polar surface area (TPSA) is 12.0 Å². The Labute approximate surface area is 122 Å². The Balaban J connectivity index is 2.08. The molecule has 0 amide bonds. The van der Waals surface area contributed by atoms with Crippen LogP contribution in [0.1, 0.15) is 26.3 Å². The largest absolute Gasteiger partial charge is 0.376 e. The molecule has 1 aromatic heterocycles. The summed E-state index contributed by atoms with van der Waals surface area (Å²) in [5, 5.41) is 3.55. The van der Waals surface area contributed by atoms with E-state index in [2.05, 4.69) is 56.4 Å². The number of nitrogens with one attached hydrogen (secondary N) is 1. The zero-order valence-corrected chi connectivity index (χ0v) is 12.8. The van der Waals surface area contributed by atoms with Crippen molar-refractivity contribution in [2.75, 3.05) is 5.32 Å². The number of thiophene rings is 1. The Bertz CT molecular complexity index is 667. The van der Waals surface area contributed by atoms with Gasteiger partial charge in [0.05, 0.1) is 9.88 Å². The first-order valence-corrected chi connectivity index (χ1v) is 7.52. The van der Waals surface area contributed by atoms with Gasteiger partial charge in [0.25, 0.3) is 0 Å². The van der Waals surface area contributed by atoms with E-state index >= 15 is 0 Å². The Morgan fingerprint density at radius 3 is 2.63 bits per heavy atom. The molecule has 0 fully saturated rings. The van der Waals surface area contributed by atoms with Crippen LogP contribution in [0.3, 0.4) is 0 Å². The van der Waals surface area contributed by atoms with Crippen molar-refractivity contribution >= 4 is 34.2 Å². The molecule has 1 N–H and O–H groups in total. The molecule has 1 nitrogen and oxygen atoms in total. The molecule has 3 rings (SSSR count). The van der Waals surface area contributed by atoms with E-state index in [0.29, 0.717) is 0 Å². The summed E-state index contributed by atoms with van der Waals surface area (Å²) >= 11 is 7.63. The quantitative estimate of drug-likeness (QED) is 0.712. The summed E-state index contributed by atoms with van der Waals surface area (Å²) in [6.07, 6.45) is 2.28. The van der Waals surface area contributed by atoms with Crippen LogP contribution in [0.5, 0.6) is 0 Å². The summed E-state index contributed by atoms with van der Waals surface area (Å²) in [6, 6.07) is 10.6. The average molecular weight is 290 g/mol. The molecule has 0 radical (unpaired) electrons. The van der Waals surface area contributed by atoms with Crippen LogP contribution in [0.2, 0.25) is 4.34 Å². The molecule has 0 spiro atoms. The summed E-state index contributed by atoms with van der Waals surface area (Å²) < 4.78 is 0.833. The van der Waals surface area contributed by atoms with Crippen molar-refractivity contribution in [1.82, 2.24) is 0 Å². The predicted molar refractivity (Wildman–Crippen MR) is 86.1 cm³/mol. The molecule has 1 aliphatic rings. The van der Waals surface area contributed by atoms with E-state index in [4.69, 9.17) is 11.6 Å². The molecule has 0 saturated carbocycles. The molecular formula is C16H16ClNS. The Kier molecular flexibility index (Phi) is 2.95. The Hall–Kier alpha value is -1.25. The molecule has 0 saturated heterocycles. The van der Waals surface area contributed by atoms with Crippen molar-refractivity contribution in [2.45, 2.75) is 26.3 Å². The molecule has 1 aromatic carbocycles. The lowest BCUT2D eigenvalue weighted by Crippen LogP contribution is -2.31. The molecule has 1 aliphatic heterocycles. The normalized spacial score (nSPS) is 16.5. The van der Waals surface area contributed by atoms with Crippen LogP contribution in [-0.2, 0) is 0 Å². The highest BCUT2D eigenvalue weighted by Gasteiger charge is 2.22. The third-order valence-electron chi connectivity index (χ3n) is 3.34. The molecular weight excluding hydrogens is 274 g/mol. The van der Waals surface area contributed by atoms with E-state index in [1.165, 1.54) is 27.3 Å². The molecule has 0 unspecified atom stereocenters. The predicted octanol–water partition coefficient (Wildman–Crippen LogP) is 5.68. The molecule has 3 heteroatoms. The monoisotopic (exact) mass is 289 g/mol. The highest BCUT2D eigenvalue weighted by molar-refractivity contribution is 7.19. The highest BCUT2D eigenvalue weighted by Crippen LogP contribution is 2.38. The van der Waals surface area contributed by atoms with Gasteiger partial charge in [-0.2, -0.15) is 0 Å². The summed E-state index contributed by atoms with van der Waals surface area (Å²) in [4.78, 5) is 1.21. The second-order valence-corrected chi connectivity index (χ2v) is 7.25. The molecule has 0 atom stereocenters. The molecule has 2 heterocycles. The first-order chi connectivity index (χ1) is 8.94. The molecule has 19 heavy (non-hydrogen) atoms. The fourth-order valence-corrected chi connectivity index (χ4v) is 3.64. The van der Waals surface area contributed by atoms with Crippen LogP contribution in [-0.4, -0.2) is 5.54 Å². The smallest absolute Gasteiger partial charge is 0.0934 e. The van der Waals surface area contributed by atoms with Crippen LogP contribution < -0.4 is 5.32 Å². The van der Waals surface area contributed by atoms with Gasteiger partial charge in [-0.05, 0) is 56.2 Å². The number of anilines is 1. The van der Waals surface area contributed by atoms with Gasteiger partial charge in [0.2, 0.25) is 0 Å². The van der Waals surface area contributed by atoms with Gasteiger partial charge in [0.1, 0.15) is 0 Å². The Morgan fingerprint density at radius 2 is 1.95 bits per heavy atom. The van der Waals surface area contributed by atoms with Crippen molar-refractivity contribution in [3.63, 3.8) is 0 Å². The van der Waals surface area contributed by atoms with Gasteiger partial charge in [-0.15, -0.1) is 11.3 Å². The first kappa shape index (κ1) is 12.8. The molecule has 2 aromatic rings. The van der Waals surface area contributed by atoms with Crippen molar-refractivity contribution in [3.8, 4) is 10.4 Å². The summed E-state index contributed by atoms with van der Waals surface area (Å²) in [5.41, 5.74) is 5.05. The van der Waals surface area contributed by atoms with E-state index in [-0.39, 0.29) is 5.54 Å². The van der Waals surface area contributed by atoms with Crippen LogP contribution in [0, 0.1) is 0 Å².